The summed E-state index contributed by atoms with van der Waals surface area (Å²) in [5.74, 6) is 0. The summed E-state index contributed by atoms with van der Waals surface area (Å²) in [5.41, 5.74) is 1.12. The van der Waals surface area contributed by atoms with Gasteiger partial charge in [0, 0.05) is 74.8 Å². The molecule has 4 aliphatic heterocycles. The first-order valence-electron chi connectivity index (χ1n) is 14.2. The molecule has 0 radical (unpaired) electrons. The molecule has 0 unspecified atom stereocenters. The van der Waals surface area contributed by atoms with Gasteiger partial charge in [-0.05, 0) is 57.0 Å². The van der Waals surface area contributed by atoms with E-state index in [0.29, 0.717) is 50.4 Å². The van der Waals surface area contributed by atoms with E-state index in [0.717, 1.165) is 39.0 Å². The van der Waals surface area contributed by atoms with Crippen LogP contribution in [0.1, 0.15) is 25.7 Å². The molecule has 5 rings (SSSR count). The third-order valence-corrected chi connectivity index (χ3v) is 7.78. The van der Waals surface area contributed by atoms with Gasteiger partial charge in [-0.3, -0.25) is 0 Å². The van der Waals surface area contributed by atoms with E-state index in [4.69, 9.17) is 0 Å². The average Bonchev–Trinajstić information content (AvgIpc) is 3.73. The Morgan fingerprint density at radius 2 is 1.10 bits per heavy atom. The van der Waals surface area contributed by atoms with E-state index in [1.165, 1.54) is 0 Å². The summed E-state index contributed by atoms with van der Waals surface area (Å²) in [4.78, 5) is 53.5. The van der Waals surface area contributed by atoms with Crippen LogP contribution in [0.4, 0.5) is 30.6 Å². The zero-order chi connectivity index (χ0) is 27.9. The highest BCUT2D eigenvalue weighted by Crippen LogP contribution is 2.19. The lowest BCUT2D eigenvalue weighted by molar-refractivity contribution is 0.219. The number of amides is 8. The molecule has 1 aromatic carbocycles. The number of nitrogens with one attached hydrogen (secondary N) is 8. The van der Waals surface area contributed by atoms with Crippen LogP contribution in [0.25, 0.3) is 0 Å². The van der Waals surface area contributed by atoms with Crippen molar-refractivity contribution in [2.75, 3.05) is 63.0 Å². The molecule has 4 saturated heterocycles. The largest absolute Gasteiger partial charge is 0.334 e. The van der Waals surface area contributed by atoms with Crippen LogP contribution in [0, 0.1) is 0 Å². The lowest BCUT2D eigenvalue weighted by atomic mass is 10.2. The molecule has 0 bridgehead atoms. The molecule has 4 fully saturated rings. The number of nitrogens with zero attached hydrogens (tertiary/aromatic N) is 2. The van der Waals surface area contributed by atoms with Crippen LogP contribution < -0.4 is 42.5 Å². The Balaban J connectivity index is 1.03. The fraction of sp³-hybridized carbons (Fsp3) is 0.615. The molecule has 4 heterocycles. The lowest BCUT2D eigenvalue weighted by Crippen LogP contribution is -2.48. The number of rotatable bonds is 6. The SMILES string of the molecule is O=C(N[C@@H]1CCN(C(=O)Nc2cccc(NC(=O)N3CC[C@@H](NC(=O)N[C@H]4CCNC4)C3)c2)C1)N[C@H]1CCNC1. The quantitative estimate of drug-likeness (QED) is 0.249. The smallest absolute Gasteiger partial charge is 0.321 e. The topological polar surface area (TPSA) is 171 Å². The summed E-state index contributed by atoms with van der Waals surface area (Å²) < 4.78 is 0. The van der Waals surface area contributed by atoms with E-state index < -0.39 is 0 Å². The molecule has 4 aliphatic rings. The van der Waals surface area contributed by atoms with E-state index >= 15 is 0 Å². The fourth-order valence-corrected chi connectivity index (χ4v) is 5.59. The summed E-state index contributed by atoms with van der Waals surface area (Å²) in [6.45, 7) is 5.30. The molecule has 8 N–H and O–H groups in total. The molecule has 1 aromatic rings. The number of urea groups is 4. The molecule has 14 heteroatoms. The van der Waals surface area contributed by atoms with Gasteiger partial charge in [0.1, 0.15) is 0 Å². The van der Waals surface area contributed by atoms with E-state index in [1.807, 2.05) is 0 Å². The second-order valence-corrected chi connectivity index (χ2v) is 10.9. The second kappa shape index (κ2) is 13.0. The van der Waals surface area contributed by atoms with E-state index in [1.54, 1.807) is 34.1 Å². The van der Waals surface area contributed by atoms with Crippen LogP contribution in [-0.4, -0.2) is 110 Å². The maximum Gasteiger partial charge on any atom is 0.321 e. The monoisotopic (exact) mass is 556 g/mol. The van der Waals surface area contributed by atoms with Crippen molar-refractivity contribution in [3.63, 3.8) is 0 Å². The molecule has 4 atom stereocenters. The van der Waals surface area contributed by atoms with Crippen LogP contribution in [-0.2, 0) is 0 Å². The molecular formula is C26H40N10O4. The second-order valence-electron chi connectivity index (χ2n) is 10.9. The van der Waals surface area contributed by atoms with Crippen molar-refractivity contribution >= 4 is 35.5 Å². The van der Waals surface area contributed by atoms with Gasteiger partial charge in [0.25, 0.3) is 0 Å². The summed E-state index contributed by atoms with van der Waals surface area (Å²) in [6, 6.07) is 6.16. The van der Waals surface area contributed by atoms with Gasteiger partial charge >= 0.3 is 24.1 Å². The van der Waals surface area contributed by atoms with Crippen molar-refractivity contribution in [3.05, 3.63) is 24.3 Å². The highest BCUT2D eigenvalue weighted by atomic mass is 16.2. The molecule has 0 aromatic heterocycles. The molecule has 0 spiro atoms. The van der Waals surface area contributed by atoms with Crippen LogP contribution in [0.2, 0.25) is 0 Å². The number of hydrogen-bond acceptors (Lipinski definition) is 6. The number of carbonyl (C=O) groups is 4. The van der Waals surface area contributed by atoms with Crippen molar-refractivity contribution in [1.29, 1.82) is 0 Å². The van der Waals surface area contributed by atoms with E-state index in [2.05, 4.69) is 42.5 Å². The van der Waals surface area contributed by atoms with Crippen molar-refractivity contribution in [3.8, 4) is 0 Å². The third-order valence-electron chi connectivity index (χ3n) is 7.78. The zero-order valence-corrected chi connectivity index (χ0v) is 22.6. The van der Waals surface area contributed by atoms with Crippen molar-refractivity contribution in [2.45, 2.75) is 49.9 Å². The normalized spacial score (nSPS) is 25.9. The molecule has 0 aliphatic carbocycles. The van der Waals surface area contributed by atoms with Gasteiger partial charge in [0.05, 0.1) is 0 Å². The fourth-order valence-electron chi connectivity index (χ4n) is 5.59. The van der Waals surface area contributed by atoms with Crippen LogP contribution >= 0.6 is 0 Å². The Bertz CT molecular complexity index is 996. The molecule has 40 heavy (non-hydrogen) atoms. The average molecular weight is 557 g/mol. The van der Waals surface area contributed by atoms with Crippen LogP contribution in [0.3, 0.4) is 0 Å². The minimum atomic E-state index is -0.256. The van der Waals surface area contributed by atoms with Gasteiger partial charge in [0.2, 0.25) is 0 Å². The summed E-state index contributed by atoms with van der Waals surface area (Å²) in [5, 5.41) is 24.0. The van der Waals surface area contributed by atoms with Crippen molar-refractivity contribution in [1.82, 2.24) is 41.7 Å². The lowest BCUT2D eigenvalue weighted by Gasteiger charge is -2.20. The van der Waals surface area contributed by atoms with Crippen molar-refractivity contribution < 1.29 is 19.2 Å². The minimum Gasteiger partial charge on any atom is -0.334 e. The Hall–Kier alpha value is -3.78. The van der Waals surface area contributed by atoms with Crippen molar-refractivity contribution in [2.24, 2.45) is 0 Å². The number of anilines is 2. The summed E-state index contributed by atoms with van der Waals surface area (Å²) in [7, 11) is 0. The molecular weight excluding hydrogens is 516 g/mol. The first-order chi connectivity index (χ1) is 19.4. The first-order valence-corrected chi connectivity index (χ1v) is 14.2. The number of hydrogen-bond donors (Lipinski definition) is 8. The van der Waals surface area contributed by atoms with E-state index in [-0.39, 0.29) is 48.3 Å². The molecule has 0 saturated carbocycles. The van der Waals surface area contributed by atoms with Gasteiger partial charge in [-0.1, -0.05) is 6.07 Å². The highest BCUT2D eigenvalue weighted by molar-refractivity contribution is 5.93. The van der Waals surface area contributed by atoms with Gasteiger partial charge in [-0.25, -0.2) is 19.2 Å². The maximum absolute atomic E-state index is 12.8. The Kier molecular flexibility index (Phi) is 9.06. The van der Waals surface area contributed by atoms with Crippen LogP contribution in [0.15, 0.2) is 24.3 Å². The number of carbonyl (C=O) groups excluding carboxylic acids is 4. The Labute approximate surface area is 233 Å². The summed E-state index contributed by atoms with van der Waals surface area (Å²) in [6.07, 6.45) is 3.20. The standard InChI is InChI=1S/C26H40N10O4/c37-23(29-19-4-8-27-13-19)31-21-6-10-35(15-21)25(39)33-17-2-1-3-18(12-17)34-26(40)36-11-7-22(16-36)32-24(38)30-20-5-9-28-14-20/h1-3,12,19-22,27-28H,4-11,13-16H2,(H,33,39)(H,34,40)(H2,29,31,37)(H2,30,32,38)/t19-,20-,21+,22+/m0/s1. The van der Waals surface area contributed by atoms with Gasteiger partial charge < -0.3 is 52.3 Å². The first kappa shape index (κ1) is 27.8. The van der Waals surface area contributed by atoms with Gasteiger partial charge in [-0.2, -0.15) is 0 Å². The molecule has 8 amide bonds. The van der Waals surface area contributed by atoms with Gasteiger partial charge in [0.15, 0.2) is 0 Å². The Morgan fingerprint density at radius 1 is 0.650 bits per heavy atom. The molecule has 218 valence electrons. The third kappa shape index (κ3) is 7.66. The maximum atomic E-state index is 12.8. The van der Waals surface area contributed by atoms with Gasteiger partial charge in [-0.15, -0.1) is 0 Å². The molecule has 14 nitrogen and oxygen atoms in total. The number of likely N-dealkylation sites (tertiary alicyclic amines) is 2. The predicted molar refractivity (Wildman–Crippen MR) is 150 cm³/mol. The summed E-state index contributed by atoms with van der Waals surface area (Å²) >= 11 is 0. The van der Waals surface area contributed by atoms with E-state index in [9.17, 15) is 19.2 Å². The minimum absolute atomic E-state index is 0.102. The predicted octanol–water partition coefficient (Wildman–Crippen LogP) is 0.221. The number of benzene rings is 1. The van der Waals surface area contributed by atoms with Crippen LogP contribution in [0.5, 0.6) is 0 Å². The Morgan fingerprint density at radius 3 is 1.52 bits per heavy atom. The zero-order valence-electron chi connectivity index (χ0n) is 22.6. The highest BCUT2D eigenvalue weighted by Gasteiger charge is 2.30.